The van der Waals surface area contributed by atoms with Crippen LogP contribution in [0.25, 0.3) is 0 Å². The van der Waals surface area contributed by atoms with Crippen molar-refractivity contribution in [2.75, 3.05) is 37.0 Å². The van der Waals surface area contributed by atoms with E-state index in [4.69, 9.17) is 16.3 Å². The third kappa shape index (κ3) is 4.51. The molecule has 6 heteroatoms. The molecule has 1 aromatic heterocycles. The summed E-state index contributed by atoms with van der Waals surface area (Å²) in [5, 5.41) is 3.67. The van der Waals surface area contributed by atoms with Crippen molar-refractivity contribution in [2.45, 2.75) is 33.2 Å². The Labute approximate surface area is 120 Å². The standard InChI is InChI=1S/C13H23ClN4O/c1-5-10(3)18(7-8-19-4)12-11(14)9-16-13(17-12)15-6-2/h9-10H,5-8H2,1-4H3,(H,15,16,17). The monoisotopic (exact) mass is 286 g/mol. The van der Waals surface area contributed by atoms with Crippen molar-refractivity contribution in [3.63, 3.8) is 0 Å². The lowest BCUT2D eigenvalue weighted by atomic mass is 10.2. The van der Waals surface area contributed by atoms with Crippen LogP contribution in [0.5, 0.6) is 0 Å². The van der Waals surface area contributed by atoms with Gasteiger partial charge >= 0.3 is 0 Å². The maximum absolute atomic E-state index is 6.24. The van der Waals surface area contributed by atoms with E-state index in [1.54, 1.807) is 13.3 Å². The quantitative estimate of drug-likeness (QED) is 0.796. The van der Waals surface area contributed by atoms with E-state index in [2.05, 4.69) is 34.0 Å². The van der Waals surface area contributed by atoms with Gasteiger partial charge < -0.3 is 15.0 Å². The molecule has 108 valence electrons. The predicted octanol–water partition coefficient (Wildman–Crippen LogP) is 2.81. The molecule has 0 amide bonds. The minimum absolute atomic E-state index is 0.344. The Bertz CT molecular complexity index is 389. The highest BCUT2D eigenvalue weighted by atomic mass is 35.5. The van der Waals surface area contributed by atoms with Crippen LogP contribution in [-0.4, -0.2) is 42.8 Å². The summed E-state index contributed by atoms with van der Waals surface area (Å²) in [4.78, 5) is 10.8. The molecule has 1 unspecified atom stereocenters. The molecule has 0 fully saturated rings. The normalized spacial score (nSPS) is 12.3. The van der Waals surface area contributed by atoms with E-state index in [0.29, 0.717) is 23.6 Å². The molecule has 5 nitrogen and oxygen atoms in total. The summed E-state index contributed by atoms with van der Waals surface area (Å²) in [6, 6.07) is 0.344. The molecular weight excluding hydrogens is 264 g/mol. The molecule has 0 aromatic carbocycles. The lowest BCUT2D eigenvalue weighted by molar-refractivity contribution is 0.203. The van der Waals surface area contributed by atoms with Gasteiger partial charge in [0.1, 0.15) is 5.02 Å². The van der Waals surface area contributed by atoms with Crippen molar-refractivity contribution < 1.29 is 4.74 Å². The van der Waals surface area contributed by atoms with Gasteiger partial charge in [-0.15, -0.1) is 0 Å². The third-order valence-corrected chi connectivity index (χ3v) is 3.26. The van der Waals surface area contributed by atoms with Crippen LogP contribution in [0.4, 0.5) is 11.8 Å². The molecule has 0 aliphatic carbocycles. The first-order valence-electron chi connectivity index (χ1n) is 6.65. The van der Waals surface area contributed by atoms with E-state index in [0.717, 1.165) is 25.3 Å². The molecular formula is C13H23ClN4O. The van der Waals surface area contributed by atoms with Crippen LogP contribution >= 0.6 is 11.6 Å². The summed E-state index contributed by atoms with van der Waals surface area (Å²) >= 11 is 6.24. The summed E-state index contributed by atoms with van der Waals surface area (Å²) in [7, 11) is 1.69. The second-order valence-electron chi connectivity index (χ2n) is 4.34. The maximum Gasteiger partial charge on any atom is 0.224 e. The summed E-state index contributed by atoms with van der Waals surface area (Å²) in [5.74, 6) is 1.37. The van der Waals surface area contributed by atoms with E-state index >= 15 is 0 Å². The Balaban J connectivity index is 3.01. The molecule has 19 heavy (non-hydrogen) atoms. The number of hydrogen-bond donors (Lipinski definition) is 1. The molecule has 1 aromatic rings. The Morgan fingerprint density at radius 1 is 1.47 bits per heavy atom. The van der Waals surface area contributed by atoms with Crippen LogP contribution in [0.1, 0.15) is 27.2 Å². The van der Waals surface area contributed by atoms with E-state index in [9.17, 15) is 0 Å². The van der Waals surface area contributed by atoms with Crippen molar-refractivity contribution in [3.8, 4) is 0 Å². The first-order chi connectivity index (χ1) is 9.13. The molecule has 0 radical (unpaired) electrons. The molecule has 1 rings (SSSR count). The zero-order valence-corrected chi connectivity index (χ0v) is 12.9. The topological polar surface area (TPSA) is 50.3 Å². The predicted molar refractivity (Wildman–Crippen MR) is 80.2 cm³/mol. The van der Waals surface area contributed by atoms with Crippen LogP contribution in [0, 0.1) is 0 Å². The highest BCUT2D eigenvalue weighted by Gasteiger charge is 2.18. The van der Waals surface area contributed by atoms with E-state index in [-0.39, 0.29) is 0 Å². The Morgan fingerprint density at radius 3 is 2.79 bits per heavy atom. The average molecular weight is 287 g/mol. The zero-order valence-electron chi connectivity index (χ0n) is 12.1. The zero-order chi connectivity index (χ0) is 14.3. The first-order valence-corrected chi connectivity index (χ1v) is 7.03. The average Bonchev–Trinajstić information content (AvgIpc) is 2.42. The number of rotatable bonds is 8. The van der Waals surface area contributed by atoms with E-state index < -0.39 is 0 Å². The van der Waals surface area contributed by atoms with Crippen molar-refractivity contribution in [1.29, 1.82) is 0 Å². The van der Waals surface area contributed by atoms with Gasteiger partial charge in [0.25, 0.3) is 0 Å². The molecule has 0 aliphatic rings. The van der Waals surface area contributed by atoms with Gasteiger partial charge in [0.05, 0.1) is 12.8 Å². The number of aromatic nitrogens is 2. The summed E-state index contributed by atoms with van der Waals surface area (Å²) in [6.45, 7) is 8.48. The van der Waals surface area contributed by atoms with Crippen LogP contribution in [-0.2, 0) is 4.74 Å². The minimum atomic E-state index is 0.344. The molecule has 1 atom stereocenters. The van der Waals surface area contributed by atoms with Gasteiger partial charge in [0, 0.05) is 26.2 Å². The van der Waals surface area contributed by atoms with Crippen molar-refractivity contribution in [3.05, 3.63) is 11.2 Å². The highest BCUT2D eigenvalue weighted by Crippen LogP contribution is 2.26. The first kappa shape index (κ1) is 16.0. The van der Waals surface area contributed by atoms with E-state index in [1.807, 2.05) is 6.92 Å². The molecule has 0 saturated carbocycles. The molecule has 0 bridgehead atoms. The summed E-state index contributed by atoms with van der Waals surface area (Å²) in [6.07, 6.45) is 2.66. The lowest BCUT2D eigenvalue weighted by Gasteiger charge is -2.30. The molecule has 1 heterocycles. The Hall–Kier alpha value is -1.07. The fourth-order valence-corrected chi connectivity index (χ4v) is 1.95. The van der Waals surface area contributed by atoms with Crippen molar-refractivity contribution in [2.24, 2.45) is 0 Å². The number of anilines is 2. The largest absolute Gasteiger partial charge is 0.383 e. The molecule has 0 aliphatic heterocycles. The van der Waals surface area contributed by atoms with Gasteiger partial charge in [0.15, 0.2) is 5.82 Å². The highest BCUT2D eigenvalue weighted by molar-refractivity contribution is 6.32. The van der Waals surface area contributed by atoms with Crippen molar-refractivity contribution in [1.82, 2.24) is 9.97 Å². The number of nitrogens with zero attached hydrogens (tertiary/aromatic N) is 3. The number of ether oxygens (including phenoxy) is 1. The van der Waals surface area contributed by atoms with Crippen molar-refractivity contribution >= 4 is 23.4 Å². The van der Waals surface area contributed by atoms with Gasteiger partial charge in [0.2, 0.25) is 5.95 Å². The van der Waals surface area contributed by atoms with Gasteiger partial charge in [-0.05, 0) is 20.3 Å². The van der Waals surface area contributed by atoms with Crippen LogP contribution < -0.4 is 10.2 Å². The lowest BCUT2D eigenvalue weighted by Crippen LogP contribution is -2.36. The third-order valence-electron chi connectivity index (χ3n) is 2.99. The Morgan fingerprint density at radius 2 is 2.21 bits per heavy atom. The van der Waals surface area contributed by atoms with Gasteiger partial charge in [-0.25, -0.2) is 4.98 Å². The second-order valence-corrected chi connectivity index (χ2v) is 4.75. The number of nitrogens with one attached hydrogen (secondary N) is 1. The Kier molecular flexibility index (Phi) is 6.87. The van der Waals surface area contributed by atoms with E-state index in [1.165, 1.54) is 0 Å². The van der Waals surface area contributed by atoms with Crippen LogP contribution in [0.2, 0.25) is 5.02 Å². The smallest absolute Gasteiger partial charge is 0.224 e. The van der Waals surface area contributed by atoms with Gasteiger partial charge in [-0.1, -0.05) is 18.5 Å². The fourth-order valence-electron chi connectivity index (χ4n) is 1.75. The minimum Gasteiger partial charge on any atom is -0.383 e. The SMILES string of the molecule is CCNc1ncc(Cl)c(N(CCOC)C(C)CC)n1. The van der Waals surface area contributed by atoms with Gasteiger partial charge in [-0.3, -0.25) is 0 Å². The fraction of sp³-hybridized carbons (Fsp3) is 0.692. The summed E-state index contributed by atoms with van der Waals surface area (Å²) < 4.78 is 5.16. The van der Waals surface area contributed by atoms with Crippen LogP contribution in [0.3, 0.4) is 0 Å². The van der Waals surface area contributed by atoms with Crippen LogP contribution in [0.15, 0.2) is 6.20 Å². The van der Waals surface area contributed by atoms with Gasteiger partial charge in [-0.2, -0.15) is 4.98 Å². The maximum atomic E-state index is 6.24. The molecule has 0 spiro atoms. The number of halogens is 1. The number of hydrogen-bond acceptors (Lipinski definition) is 5. The second kappa shape index (κ2) is 8.17. The summed E-state index contributed by atoms with van der Waals surface area (Å²) in [5.41, 5.74) is 0. The molecule has 0 saturated heterocycles. The number of methoxy groups -OCH3 is 1. The molecule has 1 N–H and O–H groups in total.